The van der Waals surface area contributed by atoms with Gasteiger partial charge in [-0.1, -0.05) is 30.3 Å². The molecule has 0 saturated carbocycles. The number of hydrogen-bond donors (Lipinski definition) is 0. The Bertz CT molecular complexity index is 1290. The maximum absolute atomic E-state index is 13.6. The average Bonchev–Trinajstić information content (AvgIpc) is 3.13. The van der Waals surface area contributed by atoms with Gasteiger partial charge in [0.1, 0.15) is 0 Å². The summed E-state index contributed by atoms with van der Waals surface area (Å²) >= 11 is 0. The summed E-state index contributed by atoms with van der Waals surface area (Å²) in [4.78, 5) is 41.3. The molecule has 1 aliphatic carbocycles. The van der Waals surface area contributed by atoms with Gasteiger partial charge in [-0.15, -0.1) is 0 Å². The van der Waals surface area contributed by atoms with Crippen LogP contribution in [0.1, 0.15) is 32.7 Å². The van der Waals surface area contributed by atoms with E-state index in [-0.39, 0.29) is 11.3 Å². The molecule has 0 radical (unpaired) electrons. The SMILES string of the molecule is COC(=O)c1ccc2c3c(n(CCCN4CCOCC4)c(=O)c2c1)-c1ccccc1C3=O. The van der Waals surface area contributed by atoms with Crippen LogP contribution in [-0.4, -0.2) is 61.2 Å². The third kappa shape index (κ3) is 3.34. The highest BCUT2D eigenvalue weighted by Gasteiger charge is 2.32. The number of fused-ring (bicyclic) bond motifs is 5. The summed E-state index contributed by atoms with van der Waals surface area (Å²) < 4.78 is 11.9. The lowest BCUT2D eigenvalue weighted by atomic mass is 10.0. The maximum atomic E-state index is 13.6. The zero-order valence-corrected chi connectivity index (χ0v) is 17.9. The molecule has 5 rings (SSSR count). The van der Waals surface area contributed by atoms with Crippen molar-refractivity contribution in [2.45, 2.75) is 13.0 Å². The fourth-order valence-corrected chi connectivity index (χ4v) is 4.72. The predicted octanol–water partition coefficient (Wildman–Crippen LogP) is 2.72. The first-order valence-corrected chi connectivity index (χ1v) is 10.8. The molecular formula is C25H24N2O5. The number of carbonyl (C=O) groups is 2. The first-order chi connectivity index (χ1) is 15.6. The Balaban J connectivity index is 1.64. The smallest absolute Gasteiger partial charge is 0.337 e. The molecule has 1 fully saturated rings. The van der Waals surface area contributed by atoms with Crippen molar-refractivity contribution >= 4 is 22.5 Å². The molecule has 0 unspecified atom stereocenters. The van der Waals surface area contributed by atoms with Gasteiger partial charge in [0.05, 0.1) is 37.1 Å². The number of ether oxygens (including phenoxy) is 2. The fraction of sp³-hybridized carbons (Fsp3) is 0.320. The van der Waals surface area contributed by atoms with Gasteiger partial charge in [-0.25, -0.2) is 4.79 Å². The molecule has 1 aliphatic heterocycles. The Morgan fingerprint density at radius 1 is 1.00 bits per heavy atom. The monoisotopic (exact) mass is 432 g/mol. The number of aromatic nitrogens is 1. The van der Waals surface area contributed by atoms with Gasteiger partial charge in [0, 0.05) is 48.1 Å². The molecule has 32 heavy (non-hydrogen) atoms. The van der Waals surface area contributed by atoms with Gasteiger partial charge in [-0.3, -0.25) is 14.5 Å². The Morgan fingerprint density at radius 3 is 2.50 bits per heavy atom. The second kappa shape index (κ2) is 8.33. The van der Waals surface area contributed by atoms with E-state index in [1.54, 1.807) is 28.8 Å². The van der Waals surface area contributed by atoms with Crippen molar-refractivity contribution in [2.24, 2.45) is 0 Å². The van der Waals surface area contributed by atoms with Crippen LogP contribution in [0.25, 0.3) is 22.0 Å². The minimum atomic E-state index is -0.514. The van der Waals surface area contributed by atoms with Crippen LogP contribution in [0.2, 0.25) is 0 Å². The number of pyridine rings is 1. The van der Waals surface area contributed by atoms with E-state index in [4.69, 9.17) is 9.47 Å². The molecule has 0 amide bonds. The van der Waals surface area contributed by atoms with Crippen molar-refractivity contribution in [2.75, 3.05) is 40.0 Å². The van der Waals surface area contributed by atoms with Crippen molar-refractivity contribution in [3.63, 3.8) is 0 Å². The number of ketones is 1. The molecule has 2 aliphatic rings. The zero-order chi connectivity index (χ0) is 22.2. The molecule has 0 spiro atoms. The summed E-state index contributed by atoms with van der Waals surface area (Å²) in [5, 5.41) is 0.933. The highest BCUT2D eigenvalue weighted by molar-refractivity contribution is 6.26. The number of nitrogens with zero attached hydrogens (tertiary/aromatic N) is 2. The van der Waals surface area contributed by atoms with E-state index in [1.165, 1.54) is 7.11 Å². The summed E-state index contributed by atoms with van der Waals surface area (Å²) in [7, 11) is 1.30. The Morgan fingerprint density at radius 2 is 1.75 bits per heavy atom. The molecule has 1 saturated heterocycles. The van der Waals surface area contributed by atoms with Crippen LogP contribution in [0.3, 0.4) is 0 Å². The van der Waals surface area contributed by atoms with E-state index in [2.05, 4.69) is 4.90 Å². The normalized spacial score (nSPS) is 15.6. The van der Waals surface area contributed by atoms with E-state index >= 15 is 0 Å². The van der Waals surface area contributed by atoms with Crippen molar-refractivity contribution in [3.05, 3.63) is 69.5 Å². The van der Waals surface area contributed by atoms with Crippen LogP contribution in [0.4, 0.5) is 0 Å². The van der Waals surface area contributed by atoms with Gasteiger partial charge in [0.25, 0.3) is 5.56 Å². The first kappa shape index (κ1) is 20.6. The summed E-state index contributed by atoms with van der Waals surface area (Å²) in [6.07, 6.45) is 0.769. The average molecular weight is 432 g/mol. The summed E-state index contributed by atoms with van der Waals surface area (Å²) in [6, 6.07) is 12.2. The fourth-order valence-electron chi connectivity index (χ4n) is 4.72. The van der Waals surface area contributed by atoms with E-state index in [0.717, 1.165) is 44.8 Å². The lowest BCUT2D eigenvalue weighted by Gasteiger charge is -2.26. The standard InChI is InChI=1S/C25H24N2O5/c1-31-25(30)16-7-8-17-20(15-16)24(29)27(10-4-9-26-11-13-32-14-12-26)22-18-5-2-3-6-19(18)23(28)21(17)22/h2-3,5-8,15H,4,9-14H2,1H3. The van der Waals surface area contributed by atoms with Gasteiger partial charge in [0.2, 0.25) is 0 Å². The lowest BCUT2D eigenvalue weighted by Crippen LogP contribution is -2.37. The quantitative estimate of drug-likeness (QED) is 0.452. The number of benzene rings is 2. The molecule has 2 heterocycles. The molecule has 0 atom stereocenters. The third-order valence-corrected chi connectivity index (χ3v) is 6.31. The van der Waals surface area contributed by atoms with Gasteiger partial charge < -0.3 is 14.0 Å². The molecule has 3 aromatic rings. The van der Waals surface area contributed by atoms with Crippen LogP contribution in [0, 0.1) is 0 Å². The number of methoxy groups -OCH3 is 1. The predicted molar refractivity (Wildman–Crippen MR) is 120 cm³/mol. The molecule has 7 heteroatoms. The Kier molecular flexibility index (Phi) is 5.36. The molecule has 2 aromatic carbocycles. The summed E-state index contributed by atoms with van der Waals surface area (Å²) in [5.74, 6) is -0.603. The van der Waals surface area contributed by atoms with Gasteiger partial charge in [0.15, 0.2) is 5.78 Å². The van der Waals surface area contributed by atoms with E-state index in [9.17, 15) is 14.4 Å². The molecule has 0 bridgehead atoms. The van der Waals surface area contributed by atoms with E-state index in [1.807, 2.05) is 18.2 Å². The Labute approximate surface area is 185 Å². The minimum Gasteiger partial charge on any atom is -0.465 e. The van der Waals surface area contributed by atoms with Gasteiger partial charge in [-0.05, 0) is 18.6 Å². The second-order valence-electron chi connectivity index (χ2n) is 8.11. The third-order valence-electron chi connectivity index (χ3n) is 6.31. The lowest BCUT2D eigenvalue weighted by molar-refractivity contribution is 0.0369. The number of carbonyl (C=O) groups excluding carboxylic acids is 2. The molecule has 7 nitrogen and oxygen atoms in total. The highest BCUT2D eigenvalue weighted by atomic mass is 16.5. The van der Waals surface area contributed by atoms with Crippen LogP contribution in [0.5, 0.6) is 0 Å². The summed E-state index contributed by atoms with van der Waals surface area (Å²) in [6.45, 7) is 4.55. The van der Waals surface area contributed by atoms with Gasteiger partial charge >= 0.3 is 5.97 Å². The molecule has 1 aromatic heterocycles. The van der Waals surface area contributed by atoms with E-state index < -0.39 is 5.97 Å². The van der Waals surface area contributed by atoms with Crippen molar-refractivity contribution in [1.82, 2.24) is 9.47 Å². The molecule has 164 valence electrons. The summed E-state index contributed by atoms with van der Waals surface area (Å²) in [5.41, 5.74) is 2.69. The van der Waals surface area contributed by atoms with Crippen LogP contribution in [0.15, 0.2) is 47.3 Å². The molecule has 0 N–H and O–H groups in total. The Hall–Kier alpha value is -3.29. The van der Waals surface area contributed by atoms with Gasteiger partial charge in [-0.2, -0.15) is 0 Å². The zero-order valence-electron chi connectivity index (χ0n) is 17.9. The number of esters is 1. The number of hydrogen-bond acceptors (Lipinski definition) is 6. The van der Waals surface area contributed by atoms with Crippen molar-refractivity contribution in [3.8, 4) is 11.3 Å². The topological polar surface area (TPSA) is 77.8 Å². The number of rotatable bonds is 5. The first-order valence-electron chi connectivity index (χ1n) is 10.8. The van der Waals surface area contributed by atoms with E-state index in [0.29, 0.717) is 39.7 Å². The largest absolute Gasteiger partial charge is 0.465 e. The molecular weight excluding hydrogens is 408 g/mol. The number of morpholine rings is 1. The second-order valence-corrected chi connectivity index (χ2v) is 8.11. The van der Waals surface area contributed by atoms with Crippen LogP contribution in [-0.2, 0) is 16.0 Å². The maximum Gasteiger partial charge on any atom is 0.337 e. The van der Waals surface area contributed by atoms with Crippen molar-refractivity contribution in [1.29, 1.82) is 0 Å². The van der Waals surface area contributed by atoms with Crippen LogP contribution < -0.4 is 5.56 Å². The van der Waals surface area contributed by atoms with Crippen LogP contribution >= 0.6 is 0 Å². The minimum absolute atomic E-state index is 0.0895. The highest BCUT2D eigenvalue weighted by Crippen LogP contribution is 2.39. The van der Waals surface area contributed by atoms with Crippen molar-refractivity contribution < 1.29 is 19.1 Å².